The van der Waals surface area contributed by atoms with Gasteiger partial charge in [0.25, 0.3) is 0 Å². The van der Waals surface area contributed by atoms with Gasteiger partial charge in [0.05, 0.1) is 24.3 Å². The van der Waals surface area contributed by atoms with Gasteiger partial charge in [0.2, 0.25) is 0 Å². The molecule has 0 fully saturated rings. The molecule has 2 aromatic carbocycles. The second kappa shape index (κ2) is 20.5. The summed E-state index contributed by atoms with van der Waals surface area (Å²) >= 11 is 0. The van der Waals surface area contributed by atoms with Gasteiger partial charge in [-0.15, -0.1) is 0 Å². The SMILES string of the molecule is CCCCCCCCOC(=O)c1ccccc1C(=O)OCCCCCCCC.Nc1ccccc1. The van der Waals surface area contributed by atoms with E-state index in [2.05, 4.69) is 13.8 Å². The van der Waals surface area contributed by atoms with Crippen LogP contribution in [0.25, 0.3) is 0 Å². The maximum Gasteiger partial charge on any atom is 0.339 e. The van der Waals surface area contributed by atoms with Crippen LogP contribution in [0.3, 0.4) is 0 Å². The number of nitrogens with two attached hydrogens (primary N) is 1. The van der Waals surface area contributed by atoms with E-state index in [4.69, 9.17) is 15.2 Å². The zero-order chi connectivity index (χ0) is 25.6. The van der Waals surface area contributed by atoms with Crippen molar-refractivity contribution in [3.63, 3.8) is 0 Å². The highest BCUT2D eigenvalue weighted by Gasteiger charge is 2.18. The van der Waals surface area contributed by atoms with Crippen molar-refractivity contribution >= 4 is 17.6 Å². The lowest BCUT2D eigenvalue weighted by Gasteiger charge is -2.10. The Kier molecular flexibility index (Phi) is 17.7. The minimum absolute atomic E-state index is 0.293. The van der Waals surface area contributed by atoms with Gasteiger partial charge in [-0.1, -0.05) is 108 Å². The van der Waals surface area contributed by atoms with Crippen LogP contribution >= 0.6 is 0 Å². The molecule has 35 heavy (non-hydrogen) atoms. The number of carbonyl (C=O) groups is 2. The molecule has 0 amide bonds. The molecule has 0 aliphatic carbocycles. The normalized spacial score (nSPS) is 10.2. The molecule has 5 nitrogen and oxygen atoms in total. The number of hydrogen-bond donors (Lipinski definition) is 1. The summed E-state index contributed by atoms with van der Waals surface area (Å²) in [7, 11) is 0. The number of ether oxygens (including phenoxy) is 2. The number of para-hydroxylation sites is 1. The third-order valence-electron chi connectivity index (χ3n) is 5.63. The highest BCUT2D eigenvalue weighted by Crippen LogP contribution is 2.14. The molecule has 5 heteroatoms. The summed E-state index contributed by atoms with van der Waals surface area (Å²) in [5, 5.41) is 0. The molecule has 2 N–H and O–H groups in total. The fourth-order valence-electron chi connectivity index (χ4n) is 3.54. The summed E-state index contributed by atoms with van der Waals surface area (Å²) in [4.78, 5) is 24.7. The van der Waals surface area contributed by atoms with Gasteiger partial charge in [0, 0.05) is 5.69 Å². The number of benzene rings is 2. The van der Waals surface area contributed by atoms with Crippen LogP contribution in [-0.4, -0.2) is 25.2 Å². The Hall–Kier alpha value is -2.82. The van der Waals surface area contributed by atoms with Crippen molar-refractivity contribution in [2.75, 3.05) is 18.9 Å². The Balaban J connectivity index is 0.000000744. The predicted molar refractivity (Wildman–Crippen MR) is 145 cm³/mol. The van der Waals surface area contributed by atoms with Crippen LogP contribution in [0.4, 0.5) is 5.69 Å². The van der Waals surface area contributed by atoms with Gasteiger partial charge < -0.3 is 15.2 Å². The van der Waals surface area contributed by atoms with Gasteiger partial charge in [0.1, 0.15) is 0 Å². The summed E-state index contributed by atoms with van der Waals surface area (Å²) in [6, 6.07) is 16.2. The number of esters is 2. The number of hydrogen-bond acceptors (Lipinski definition) is 5. The summed E-state index contributed by atoms with van der Waals surface area (Å²) in [6.45, 7) is 5.17. The highest BCUT2D eigenvalue weighted by atomic mass is 16.5. The van der Waals surface area contributed by atoms with Gasteiger partial charge in [-0.3, -0.25) is 0 Å². The molecule has 194 valence electrons. The molecule has 2 aromatic rings. The fraction of sp³-hybridized carbons (Fsp3) is 0.533. The van der Waals surface area contributed by atoms with Crippen LogP contribution < -0.4 is 5.73 Å². The van der Waals surface area contributed by atoms with Crippen molar-refractivity contribution in [1.82, 2.24) is 0 Å². The van der Waals surface area contributed by atoms with E-state index in [1.165, 1.54) is 51.4 Å². The number of carbonyl (C=O) groups excluding carboxylic acids is 2. The maximum absolute atomic E-state index is 12.4. The molecule has 0 spiro atoms. The lowest BCUT2D eigenvalue weighted by Crippen LogP contribution is -2.15. The lowest BCUT2D eigenvalue weighted by atomic mass is 10.1. The highest BCUT2D eigenvalue weighted by molar-refractivity contribution is 6.03. The molecule has 0 aliphatic heterocycles. The lowest BCUT2D eigenvalue weighted by molar-refractivity contribution is 0.0450. The summed E-state index contributed by atoms with van der Waals surface area (Å²) in [5.41, 5.74) is 6.77. The van der Waals surface area contributed by atoms with Crippen molar-refractivity contribution in [1.29, 1.82) is 0 Å². The van der Waals surface area contributed by atoms with Gasteiger partial charge >= 0.3 is 11.9 Å². The standard InChI is InChI=1S/C24H38O4.C6H7N/c1-3-5-7-9-11-15-19-27-23(25)21-17-13-14-18-22(21)24(26)28-20-16-12-10-8-6-4-2;7-6-4-2-1-3-5-6/h13-14,17-18H,3-12,15-16,19-20H2,1-2H3;1-5H,7H2. The molecule has 0 atom stereocenters. The van der Waals surface area contributed by atoms with Gasteiger partial charge in [-0.25, -0.2) is 9.59 Å². The molecular formula is C30H45NO4. The van der Waals surface area contributed by atoms with E-state index >= 15 is 0 Å². The Morgan fingerprint density at radius 3 is 1.31 bits per heavy atom. The first-order chi connectivity index (χ1) is 17.1. The largest absolute Gasteiger partial charge is 0.462 e. The Morgan fingerprint density at radius 2 is 0.943 bits per heavy atom. The summed E-state index contributed by atoms with van der Waals surface area (Å²) in [6.07, 6.45) is 13.6. The van der Waals surface area contributed by atoms with Gasteiger partial charge in [0.15, 0.2) is 0 Å². The molecular weight excluding hydrogens is 438 g/mol. The van der Waals surface area contributed by atoms with E-state index in [1.807, 2.05) is 30.3 Å². The molecule has 0 heterocycles. The predicted octanol–water partition coefficient (Wildman–Crippen LogP) is 7.99. The maximum atomic E-state index is 12.4. The van der Waals surface area contributed by atoms with Crippen molar-refractivity contribution in [3.05, 3.63) is 65.7 Å². The van der Waals surface area contributed by atoms with Crippen LogP contribution in [-0.2, 0) is 9.47 Å². The quantitative estimate of drug-likeness (QED) is 0.149. The topological polar surface area (TPSA) is 78.6 Å². The van der Waals surface area contributed by atoms with Crippen molar-refractivity contribution in [2.24, 2.45) is 0 Å². The molecule has 2 rings (SSSR count). The first-order valence-electron chi connectivity index (χ1n) is 13.3. The van der Waals surface area contributed by atoms with E-state index in [0.717, 1.165) is 31.4 Å². The average molecular weight is 484 g/mol. The van der Waals surface area contributed by atoms with Crippen LogP contribution in [0.2, 0.25) is 0 Å². The van der Waals surface area contributed by atoms with Gasteiger partial charge in [-0.2, -0.15) is 0 Å². The zero-order valence-electron chi connectivity index (χ0n) is 21.8. The Bertz CT molecular complexity index is 758. The number of nitrogen functional groups attached to an aromatic ring is 1. The van der Waals surface area contributed by atoms with E-state index < -0.39 is 11.9 Å². The molecule has 0 aliphatic rings. The van der Waals surface area contributed by atoms with E-state index in [0.29, 0.717) is 24.3 Å². The monoisotopic (exact) mass is 483 g/mol. The molecule has 0 saturated carbocycles. The third-order valence-corrected chi connectivity index (χ3v) is 5.63. The zero-order valence-corrected chi connectivity index (χ0v) is 21.8. The summed E-state index contributed by atoms with van der Waals surface area (Å²) < 4.78 is 10.7. The minimum atomic E-state index is -0.444. The van der Waals surface area contributed by atoms with Crippen LogP contribution in [0.15, 0.2) is 54.6 Å². The van der Waals surface area contributed by atoms with Crippen molar-refractivity contribution < 1.29 is 19.1 Å². The summed E-state index contributed by atoms with van der Waals surface area (Å²) in [5.74, 6) is -0.888. The minimum Gasteiger partial charge on any atom is -0.462 e. The Labute approximate surface area is 212 Å². The number of rotatable bonds is 16. The smallest absolute Gasteiger partial charge is 0.339 e. The first kappa shape index (κ1) is 30.2. The van der Waals surface area contributed by atoms with Crippen molar-refractivity contribution in [2.45, 2.75) is 90.9 Å². The van der Waals surface area contributed by atoms with E-state index in [9.17, 15) is 9.59 Å². The molecule has 0 radical (unpaired) electrons. The second-order valence-corrected chi connectivity index (χ2v) is 8.76. The second-order valence-electron chi connectivity index (χ2n) is 8.76. The van der Waals surface area contributed by atoms with E-state index in [1.54, 1.807) is 24.3 Å². The molecule has 0 aromatic heterocycles. The van der Waals surface area contributed by atoms with Gasteiger partial charge in [-0.05, 0) is 37.1 Å². The van der Waals surface area contributed by atoms with Crippen LogP contribution in [0.5, 0.6) is 0 Å². The molecule has 0 bridgehead atoms. The van der Waals surface area contributed by atoms with Crippen molar-refractivity contribution in [3.8, 4) is 0 Å². The van der Waals surface area contributed by atoms with E-state index in [-0.39, 0.29) is 0 Å². The first-order valence-corrected chi connectivity index (χ1v) is 13.3. The number of anilines is 1. The molecule has 0 unspecified atom stereocenters. The average Bonchev–Trinajstić information content (AvgIpc) is 2.88. The van der Waals surface area contributed by atoms with Crippen LogP contribution in [0, 0.1) is 0 Å². The third kappa shape index (κ3) is 14.9. The Morgan fingerprint density at radius 1 is 0.571 bits per heavy atom. The fourth-order valence-corrected chi connectivity index (χ4v) is 3.54. The van der Waals surface area contributed by atoms with Crippen LogP contribution in [0.1, 0.15) is 112 Å². The number of unbranched alkanes of at least 4 members (excludes halogenated alkanes) is 10. The molecule has 0 saturated heterocycles.